The number of ether oxygens (including phenoxy) is 1. The molecule has 1 amide bonds. The first-order valence-corrected chi connectivity index (χ1v) is 11.5. The highest BCUT2D eigenvalue weighted by molar-refractivity contribution is 6.06. The molecule has 7 nitrogen and oxygen atoms in total. The van der Waals surface area contributed by atoms with Crippen LogP contribution in [0.3, 0.4) is 0 Å². The van der Waals surface area contributed by atoms with Crippen molar-refractivity contribution in [3.05, 3.63) is 108 Å². The summed E-state index contributed by atoms with van der Waals surface area (Å²) in [6, 6.07) is 28.3. The molecule has 0 radical (unpaired) electrons. The van der Waals surface area contributed by atoms with Gasteiger partial charge < -0.3 is 10.1 Å². The van der Waals surface area contributed by atoms with E-state index in [0.29, 0.717) is 33.7 Å². The van der Waals surface area contributed by atoms with Gasteiger partial charge in [-0.05, 0) is 49.7 Å². The van der Waals surface area contributed by atoms with E-state index in [9.17, 15) is 9.59 Å². The molecule has 0 bridgehead atoms. The van der Waals surface area contributed by atoms with E-state index < -0.39 is 18.5 Å². The average molecular weight is 477 g/mol. The summed E-state index contributed by atoms with van der Waals surface area (Å²) < 4.78 is 7.17. The predicted molar refractivity (Wildman–Crippen MR) is 139 cm³/mol. The SMILES string of the molecule is Cc1cccc(NC(=O)COC(=O)c2cc(-c3ccccc3)nc3c2c(C)nn3-c2ccccc2)c1. The second-order valence-corrected chi connectivity index (χ2v) is 8.45. The lowest BCUT2D eigenvalue weighted by atomic mass is 10.1. The number of esters is 1. The quantitative estimate of drug-likeness (QED) is 0.327. The van der Waals surface area contributed by atoms with E-state index in [1.54, 1.807) is 16.8 Å². The Morgan fingerprint density at radius 2 is 1.61 bits per heavy atom. The predicted octanol–water partition coefficient (Wildman–Crippen LogP) is 5.50. The fourth-order valence-electron chi connectivity index (χ4n) is 4.08. The molecule has 1 N–H and O–H groups in total. The number of para-hydroxylation sites is 1. The summed E-state index contributed by atoms with van der Waals surface area (Å²) in [6.45, 7) is 3.35. The van der Waals surface area contributed by atoms with Crippen molar-refractivity contribution in [2.45, 2.75) is 13.8 Å². The number of pyridine rings is 1. The zero-order valence-corrected chi connectivity index (χ0v) is 19.9. The first kappa shape index (κ1) is 23.0. The Bertz CT molecular complexity index is 1560. The van der Waals surface area contributed by atoms with Crippen LogP contribution in [0, 0.1) is 13.8 Å². The molecule has 0 saturated carbocycles. The van der Waals surface area contributed by atoms with Gasteiger partial charge in [0.25, 0.3) is 5.91 Å². The van der Waals surface area contributed by atoms with Gasteiger partial charge in [-0.1, -0.05) is 60.7 Å². The molecule has 2 heterocycles. The molecule has 0 saturated heterocycles. The van der Waals surface area contributed by atoms with Crippen molar-refractivity contribution in [1.29, 1.82) is 0 Å². The molecule has 0 spiro atoms. The Hall–Kier alpha value is -4.78. The Labute approximate surface area is 208 Å². The van der Waals surface area contributed by atoms with E-state index in [0.717, 1.165) is 16.8 Å². The Kier molecular flexibility index (Phi) is 6.28. The monoisotopic (exact) mass is 476 g/mol. The second-order valence-electron chi connectivity index (χ2n) is 8.45. The van der Waals surface area contributed by atoms with E-state index in [2.05, 4.69) is 10.4 Å². The smallest absolute Gasteiger partial charge is 0.339 e. The summed E-state index contributed by atoms with van der Waals surface area (Å²) in [6.07, 6.45) is 0. The van der Waals surface area contributed by atoms with Crippen molar-refractivity contribution in [2.24, 2.45) is 0 Å². The lowest BCUT2D eigenvalue weighted by Gasteiger charge is -2.10. The van der Waals surface area contributed by atoms with Crippen LogP contribution in [0.25, 0.3) is 28.0 Å². The molecule has 2 aromatic heterocycles. The number of carbonyl (C=O) groups is 2. The van der Waals surface area contributed by atoms with Crippen molar-refractivity contribution in [2.75, 3.05) is 11.9 Å². The van der Waals surface area contributed by atoms with E-state index >= 15 is 0 Å². The molecule has 36 heavy (non-hydrogen) atoms. The topological polar surface area (TPSA) is 86.1 Å². The third kappa shape index (κ3) is 4.72. The third-order valence-electron chi connectivity index (χ3n) is 5.74. The van der Waals surface area contributed by atoms with Crippen molar-refractivity contribution in [3.63, 3.8) is 0 Å². The molecular weight excluding hydrogens is 452 g/mol. The minimum Gasteiger partial charge on any atom is -0.452 e. The maximum atomic E-state index is 13.3. The normalized spacial score (nSPS) is 10.8. The minimum absolute atomic E-state index is 0.307. The van der Waals surface area contributed by atoms with Gasteiger partial charge in [0.15, 0.2) is 12.3 Å². The van der Waals surface area contributed by atoms with Gasteiger partial charge in [0.2, 0.25) is 0 Å². The highest BCUT2D eigenvalue weighted by Gasteiger charge is 2.22. The van der Waals surface area contributed by atoms with Crippen LogP contribution in [-0.2, 0) is 9.53 Å². The third-order valence-corrected chi connectivity index (χ3v) is 5.74. The fraction of sp³-hybridized carbons (Fsp3) is 0.103. The van der Waals surface area contributed by atoms with E-state index in [1.165, 1.54) is 0 Å². The molecule has 0 fully saturated rings. The fourth-order valence-corrected chi connectivity index (χ4v) is 4.08. The first-order chi connectivity index (χ1) is 17.5. The highest BCUT2D eigenvalue weighted by Crippen LogP contribution is 2.29. The number of aromatic nitrogens is 3. The number of benzene rings is 3. The number of nitrogens with one attached hydrogen (secondary N) is 1. The van der Waals surface area contributed by atoms with Crippen LogP contribution in [0.5, 0.6) is 0 Å². The van der Waals surface area contributed by atoms with Gasteiger partial charge in [-0.3, -0.25) is 4.79 Å². The molecule has 3 aromatic carbocycles. The Morgan fingerprint density at radius 3 is 2.33 bits per heavy atom. The lowest BCUT2D eigenvalue weighted by molar-refractivity contribution is -0.119. The van der Waals surface area contributed by atoms with Gasteiger partial charge in [-0.25, -0.2) is 14.5 Å². The Morgan fingerprint density at radius 1 is 0.889 bits per heavy atom. The van der Waals surface area contributed by atoms with Crippen molar-refractivity contribution in [1.82, 2.24) is 14.8 Å². The number of anilines is 1. The number of carbonyl (C=O) groups excluding carboxylic acids is 2. The van der Waals surface area contributed by atoms with Gasteiger partial charge in [0.1, 0.15) is 0 Å². The molecule has 0 atom stereocenters. The molecule has 0 unspecified atom stereocenters. The second kappa shape index (κ2) is 9.84. The summed E-state index contributed by atoms with van der Waals surface area (Å²) >= 11 is 0. The molecule has 178 valence electrons. The molecular formula is C29H24N4O3. The number of hydrogen-bond donors (Lipinski definition) is 1. The Balaban J connectivity index is 1.51. The van der Waals surface area contributed by atoms with Gasteiger partial charge in [-0.2, -0.15) is 5.10 Å². The van der Waals surface area contributed by atoms with Crippen molar-refractivity contribution >= 4 is 28.6 Å². The van der Waals surface area contributed by atoms with Crippen LogP contribution >= 0.6 is 0 Å². The van der Waals surface area contributed by atoms with Crippen molar-refractivity contribution < 1.29 is 14.3 Å². The number of rotatable bonds is 6. The van der Waals surface area contributed by atoms with Gasteiger partial charge >= 0.3 is 5.97 Å². The molecule has 5 rings (SSSR count). The standard InChI is InChI=1S/C29H24N4O3/c1-19-10-9-13-22(16-19)30-26(34)18-36-29(35)24-17-25(21-11-5-3-6-12-21)31-28-27(24)20(2)32-33(28)23-14-7-4-8-15-23/h3-17H,18H2,1-2H3,(H,30,34). The summed E-state index contributed by atoms with van der Waals surface area (Å²) in [5, 5.41) is 8.01. The summed E-state index contributed by atoms with van der Waals surface area (Å²) in [5.74, 6) is -1.03. The van der Waals surface area contributed by atoms with Gasteiger partial charge in [-0.15, -0.1) is 0 Å². The first-order valence-electron chi connectivity index (χ1n) is 11.5. The summed E-state index contributed by atoms with van der Waals surface area (Å²) in [5.41, 5.74) is 5.43. The molecule has 5 aromatic rings. The van der Waals surface area contributed by atoms with E-state index in [1.807, 2.05) is 92.7 Å². The zero-order valence-electron chi connectivity index (χ0n) is 19.9. The average Bonchev–Trinajstić information content (AvgIpc) is 3.24. The molecule has 0 aliphatic rings. The minimum atomic E-state index is -0.616. The van der Waals surface area contributed by atoms with Crippen molar-refractivity contribution in [3.8, 4) is 16.9 Å². The number of amides is 1. The van der Waals surface area contributed by atoms with Gasteiger partial charge in [0.05, 0.1) is 28.0 Å². The van der Waals surface area contributed by atoms with E-state index in [-0.39, 0.29) is 0 Å². The van der Waals surface area contributed by atoms with Crippen LogP contribution in [-0.4, -0.2) is 33.2 Å². The summed E-state index contributed by atoms with van der Waals surface area (Å²) in [4.78, 5) is 30.6. The molecule has 0 aliphatic heterocycles. The maximum Gasteiger partial charge on any atom is 0.339 e. The lowest BCUT2D eigenvalue weighted by Crippen LogP contribution is -2.21. The van der Waals surface area contributed by atoms with Gasteiger partial charge in [0, 0.05) is 11.3 Å². The number of hydrogen-bond acceptors (Lipinski definition) is 5. The number of nitrogens with zero attached hydrogens (tertiary/aromatic N) is 3. The molecule has 0 aliphatic carbocycles. The number of aryl methyl sites for hydroxylation is 2. The maximum absolute atomic E-state index is 13.3. The van der Waals surface area contributed by atoms with Crippen LogP contribution < -0.4 is 5.32 Å². The van der Waals surface area contributed by atoms with Crippen LogP contribution in [0.1, 0.15) is 21.6 Å². The summed E-state index contributed by atoms with van der Waals surface area (Å²) in [7, 11) is 0. The van der Waals surface area contributed by atoms with Crippen LogP contribution in [0.4, 0.5) is 5.69 Å². The largest absolute Gasteiger partial charge is 0.452 e. The molecule has 7 heteroatoms. The van der Waals surface area contributed by atoms with E-state index in [4.69, 9.17) is 9.72 Å². The highest BCUT2D eigenvalue weighted by atomic mass is 16.5. The van der Waals surface area contributed by atoms with Crippen LogP contribution in [0.15, 0.2) is 91.0 Å². The number of fused-ring (bicyclic) bond motifs is 1. The van der Waals surface area contributed by atoms with Crippen LogP contribution in [0.2, 0.25) is 0 Å². The zero-order chi connectivity index (χ0) is 25.1.